The maximum Gasteiger partial charge on any atom is 0.452 e. The third kappa shape index (κ3) is 5.65. The van der Waals surface area contributed by atoms with Crippen LogP contribution in [-0.4, -0.2) is 62.5 Å². The molecule has 0 amide bonds. The van der Waals surface area contributed by atoms with E-state index in [9.17, 15) is 31.5 Å². The summed E-state index contributed by atoms with van der Waals surface area (Å²) in [6.45, 7) is 6.35. The monoisotopic (exact) mass is 642 g/mol. The lowest BCUT2D eigenvalue weighted by molar-refractivity contribution is -0.145. The number of aromatic nitrogens is 4. The van der Waals surface area contributed by atoms with Crippen LogP contribution in [0.5, 0.6) is 0 Å². The highest BCUT2D eigenvalue weighted by Crippen LogP contribution is 2.38. The van der Waals surface area contributed by atoms with Crippen molar-refractivity contribution in [2.24, 2.45) is 0 Å². The van der Waals surface area contributed by atoms with E-state index < -0.39 is 33.9 Å². The fourth-order valence-corrected chi connectivity index (χ4v) is 8.24. The molecule has 45 heavy (non-hydrogen) atoms. The van der Waals surface area contributed by atoms with Crippen molar-refractivity contribution in [1.82, 2.24) is 23.9 Å². The predicted molar refractivity (Wildman–Crippen MR) is 160 cm³/mol. The van der Waals surface area contributed by atoms with Crippen LogP contribution in [0.25, 0.3) is 5.65 Å². The normalized spacial score (nSPS) is 19.2. The molecule has 0 radical (unpaired) electrons. The van der Waals surface area contributed by atoms with E-state index in [0.29, 0.717) is 28.1 Å². The highest BCUT2D eigenvalue weighted by Gasteiger charge is 2.40. The smallest absolute Gasteiger partial charge is 0.452 e. The summed E-state index contributed by atoms with van der Waals surface area (Å²) in [5.41, 5.74) is 3.73. The Labute approximate surface area is 258 Å². The highest BCUT2D eigenvalue weighted by atomic mass is 32.2. The Hall–Kier alpha value is -4.04. The van der Waals surface area contributed by atoms with Crippen molar-refractivity contribution in [3.63, 3.8) is 0 Å². The van der Waals surface area contributed by atoms with Crippen molar-refractivity contribution in [2.75, 3.05) is 18.0 Å². The van der Waals surface area contributed by atoms with Gasteiger partial charge < -0.3 is 10.0 Å². The van der Waals surface area contributed by atoms with Gasteiger partial charge in [-0.2, -0.15) is 17.5 Å². The molecule has 2 atom stereocenters. The number of piperidine rings is 1. The topological polar surface area (TPSA) is 121 Å². The maximum absolute atomic E-state index is 14.1. The zero-order valence-electron chi connectivity index (χ0n) is 25.0. The molecule has 238 valence electrons. The van der Waals surface area contributed by atoms with E-state index in [4.69, 9.17) is 0 Å². The first-order chi connectivity index (χ1) is 21.3. The molecular weight excluding hydrogens is 609 g/mol. The molecule has 10 nitrogen and oxygen atoms in total. The first-order valence-corrected chi connectivity index (χ1v) is 16.2. The molecule has 0 unspecified atom stereocenters. The Kier molecular flexibility index (Phi) is 7.84. The summed E-state index contributed by atoms with van der Waals surface area (Å²) < 4.78 is 71.1. The Bertz CT molecular complexity index is 1910. The molecular formula is C31H33F3N6O4S. The average molecular weight is 643 g/mol. The lowest BCUT2D eigenvalue weighted by Crippen LogP contribution is -2.45. The van der Waals surface area contributed by atoms with Gasteiger partial charge in [0.05, 0.1) is 6.42 Å². The Morgan fingerprint density at radius 2 is 1.89 bits per heavy atom. The van der Waals surface area contributed by atoms with Crippen LogP contribution in [0.3, 0.4) is 0 Å². The molecule has 4 aromatic rings. The summed E-state index contributed by atoms with van der Waals surface area (Å²) in [6.07, 6.45) is 0.624. The largest absolute Gasteiger partial charge is 0.481 e. The van der Waals surface area contributed by atoms with Gasteiger partial charge in [-0.3, -0.25) is 9.20 Å². The second-order valence-corrected chi connectivity index (χ2v) is 13.8. The lowest BCUT2D eigenvalue weighted by atomic mass is 9.85. The molecule has 1 fully saturated rings. The van der Waals surface area contributed by atoms with Gasteiger partial charge in [-0.1, -0.05) is 18.2 Å². The van der Waals surface area contributed by atoms with Crippen LogP contribution in [0.15, 0.2) is 47.6 Å². The molecule has 14 heteroatoms. The van der Waals surface area contributed by atoms with E-state index in [1.807, 2.05) is 26.0 Å². The highest BCUT2D eigenvalue weighted by molar-refractivity contribution is 7.89. The van der Waals surface area contributed by atoms with Crippen LogP contribution in [0.2, 0.25) is 0 Å². The SMILES string of the molecule is Cc1cnc2c(c1)S(=O)(=O)N(Cc1cc([C@H](CC(=O)O)c3ccn4c(C(F)(F)F)nnc4c3C)ccc1C)C[C@H]1CCCCN21. The average Bonchev–Trinajstić information content (AvgIpc) is 3.40. The number of rotatable bonds is 6. The number of aliphatic carboxylic acids is 1. The molecule has 0 aliphatic carbocycles. The summed E-state index contributed by atoms with van der Waals surface area (Å²) in [5, 5.41) is 16.9. The minimum absolute atomic E-state index is 0.0159. The molecule has 1 aromatic carbocycles. The van der Waals surface area contributed by atoms with Crippen LogP contribution in [-0.2, 0) is 27.5 Å². The quantitative estimate of drug-likeness (QED) is 0.303. The van der Waals surface area contributed by atoms with E-state index in [0.717, 1.165) is 41.3 Å². The number of halogens is 3. The van der Waals surface area contributed by atoms with Crippen LogP contribution in [0, 0.1) is 20.8 Å². The van der Waals surface area contributed by atoms with Crippen molar-refractivity contribution in [2.45, 2.75) is 76.0 Å². The predicted octanol–water partition coefficient (Wildman–Crippen LogP) is 5.24. The lowest BCUT2D eigenvalue weighted by Gasteiger charge is -2.36. The van der Waals surface area contributed by atoms with Crippen LogP contribution < -0.4 is 4.90 Å². The molecule has 0 bridgehead atoms. The van der Waals surface area contributed by atoms with Gasteiger partial charge in [0.25, 0.3) is 0 Å². The van der Waals surface area contributed by atoms with Crippen molar-refractivity contribution in [3.05, 3.63) is 81.9 Å². The van der Waals surface area contributed by atoms with E-state index in [2.05, 4.69) is 20.1 Å². The van der Waals surface area contributed by atoms with Gasteiger partial charge in [-0.05, 0) is 85.5 Å². The Morgan fingerprint density at radius 3 is 2.62 bits per heavy atom. The van der Waals surface area contributed by atoms with Gasteiger partial charge in [0.15, 0.2) is 5.65 Å². The number of nitrogens with zero attached hydrogens (tertiary/aromatic N) is 6. The standard InChI is InChI=1S/C31H33F3N6O4S/c1-18-12-26-29(35-15-18)39-10-5-4-6-23(39)17-38(45(26,43)44)16-22-13-21(8-7-19(22)2)25(14-27(41)42)24-9-11-40-28(20(24)3)36-37-30(40)31(32,33)34/h7-9,11-13,15,23,25H,4-6,10,14,16-17H2,1-3H3,(H,41,42)/t23-,25+/m1/s1. The molecule has 2 aliphatic heterocycles. The molecule has 1 saturated heterocycles. The first-order valence-electron chi connectivity index (χ1n) is 14.7. The van der Waals surface area contributed by atoms with Crippen molar-refractivity contribution < 1.29 is 31.5 Å². The van der Waals surface area contributed by atoms with Crippen molar-refractivity contribution >= 4 is 27.5 Å². The van der Waals surface area contributed by atoms with Crippen LogP contribution >= 0.6 is 0 Å². The maximum atomic E-state index is 14.1. The number of carbonyl (C=O) groups is 1. The van der Waals surface area contributed by atoms with Gasteiger partial charge in [-0.25, -0.2) is 13.4 Å². The number of aryl methyl sites for hydroxylation is 3. The summed E-state index contributed by atoms with van der Waals surface area (Å²) in [6, 6.07) is 8.52. The molecule has 6 rings (SSSR count). The van der Waals surface area contributed by atoms with E-state index in [1.54, 1.807) is 25.3 Å². The number of hydrogen-bond donors (Lipinski definition) is 1. The third-order valence-electron chi connectivity index (χ3n) is 8.90. The summed E-state index contributed by atoms with van der Waals surface area (Å²) >= 11 is 0. The van der Waals surface area contributed by atoms with Gasteiger partial charge >= 0.3 is 12.1 Å². The molecule has 2 aliphatic rings. The fourth-order valence-electron chi connectivity index (χ4n) is 6.55. The minimum atomic E-state index is -4.71. The number of carboxylic acids is 1. The fraction of sp³-hybridized carbons (Fsp3) is 0.419. The summed E-state index contributed by atoms with van der Waals surface area (Å²) in [7, 11) is -3.93. The zero-order valence-corrected chi connectivity index (χ0v) is 25.9. The van der Waals surface area contributed by atoms with Crippen molar-refractivity contribution in [1.29, 1.82) is 0 Å². The van der Waals surface area contributed by atoms with E-state index in [-0.39, 0.29) is 36.1 Å². The molecule has 0 saturated carbocycles. The molecule has 1 N–H and O–H groups in total. The number of carboxylic acid groups (broad SMARTS) is 1. The second kappa shape index (κ2) is 11.4. The van der Waals surface area contributed by atoms with Gasteiger partial charge in [0.2, 0.25) is 15.8 Å². The number of alkyl halides is 3. The van der Waals surface area contributed by atoms with E-state index >= 15 is 0 Å². The summed E-state index contributed by atoms with van der Waals surface area (Å²) in [5.74, 6) is -2.51. The number of hydrogen-bond acceptors (Lipinski definition) is 7. The second-order valence-electron chi connectivity index (χ2n) is 11.9. The zero-order chi connectivity index (χ0) is 32.3. The minimum Gasteiger partial charge on any atom is -0.481 e. The first kappa shape index (κ1) is 31.0. The third-order valence-corrected chi connectivity index (χ3v) is 10.7. The number of sulfonamides is 1. The Morgan fingerprint density at radius 1 is 1.11 bits per heavy atom. The number of fused-ring (bicyclic) bond motifs is 4. The van der Waals surface area contributed by atoms with Crippen LogP contribution in [0.1, 0.15) is 70.8 Å². The molecule has 5 heterocycles. The van der Waals surface area contributed by atoms with Crippen LogP contribution in [0.4, 0.5) is 19.0 Å². The molecule has 0 spiro atoms. The van der Waals surface area contributed by atoms with Gasteiger partial charge in [0.1, 0.15) is 10.7 Å². The summed E-state index contributed by atoms with van der Waals surface area (Å²) in [4.78, 5) is 18.9. The van der Waals surface area contributed by atoms with E-state index in [1.165, 1.54) is 16.6 Å². The Balaban J connectivity index is 1.41. The van der Waals surface area contributed by atoms with Gasteiger partial charge in [0, 0.05) is 44.0 Å². The molecule has 3 aromatic heterocycles. The number of anilines is 1. The van der Waals surface area contributed by atoms with Gasteiger partial charge in [-0.15, -0.1) is 10.2 Å². The number of pyridine rings is 2. The number of benzene rings is 1. The van der Waals surface area contributed by atoms with Crippen molar-refractivity contribution in [3.8, 4) is 0 Å².